The Morgan fingerprint density at radius 3 is 2.56 bits per heavy atom. The van der Waals surface area contributed by atoms with Crippen LogP contribution in [0.3, 0.4) is 0 Å². The highest BCUT2D eigenvalue weighted by Crippen LogP contribution is 2.41. The fourth-order valence-corrected chi connectivity index (χ4v) is 3.65. The SMILES string of the molecule is CC(N)c1cccc(F)c1N1CC2CCCC2C1. The third-order valence-corrected chi connectivity index (χ3v) is 4.55. The molecule has 2 nitrogen and oxygen atoms in total. The molecule has 1 saturated carbocycles. The molecule has 0 aromatic heterocycles. The number of nitrogens with zero attached hydrogens (tertiary/aromatic N) is 1. The molecule has 0 spiro atoms. The standard InChI is InChI=1S/C15H21FN2/c1-10(17)13-6-3-7-14(16)15(13)18-8-11-4-2-5-12(11)9-18/h3,6-7,10-12H,2,4-5,8-9,17H2,1H3. The molecule has 2 fully saturated rings. The van der Waals surface area contributed by atoms with E-state index in [2.05, 4.69) is 4.90 Å². The average molecular weight is 248 g/mol. The van der Waals surface area contributed by atoms with Crippen LogP contribution in [0, 0.1) is 17.7 Å². The summed E-state index contributed by atoms with van der Waals surface area (Å²) in [6.45, 7) is 3.94. The Balaban J connectivity index is 1.92. The van der Waals surface area contributed by atoms with Gasteiger partial charge >= 0.3 is 0 Å². The highest BCUT2D eigenvalue weighted by molar-refractivity contribution is 5.57. The molecular weight excluding hydrogens is 227 g/mol. The molecule has 0 amide bonds. The molecule has 98 valence electrons. The van der Waals surface area contributed by atoms with Crippen LogP contribution in [0.1, 0.15) is 37.8 Å². The van der Waals surface area contributed by atoms with Crippen LogP contribution in [0.4, 0.5) is 10.1 Å². The smallest absolute Gasteiger partial charge is 0.146 e. The monoisotopic (exact) mass is 248 g/mol. The van der Waals surface area contributed by atoms with Crippen molar-refractivity contribution in [2.75, 3.05) is 18.0 Å². The zero-order valence-corrected chi connectivity index (χ0v) is 10.9. The highest BCUT2D eigenvalue weighted by Gasteiger charge is 2.37. The molecular formula is C15H21FN2. The second kappa shape index (κ2) is 4.54. The van der Waals surface area contributed by atoms with Gasteiger partial charge in [0.05, 0.1) is 5.69 Å². The summed E-state index contributed by atoms with van der Waals surface area (Å²) in [5, 5.41) is 0. The van der Waals surface area contributed by atoms with Crippen LogP contribution in [0.25, 0.3) is 0 Å². The molecule has 1 heterocycles. The van der Waals surface area contributed by atoms with Crippen molar-refractivity contribution in [3.8, 4) is 0 Å². The van der Waals surface area contributed by atoms with Gasteiger partial charge in [-0.05, 0) is 43.2 Å². The molecule has 0 radical (unpaired) electrons. The Morgan fingerprint density at radius 1 is 1.28 bits per heavy atom. The Hall–Kier alpha value is -1.09. The van der Waals surface area contributed by atoms with Crippen LogP contribution in [0.5, 0.6) is 0 Å². The summed E-state index contributed by atoms with van der Waals surface area (Å²) in [7, 11) is 0. The number of fused-ring (bicyclic) bond motifs is 1. The van der Waals surface area contributed by atoms with E-state index in [1.165, 1.54) is 19.3 Å². The molecule has 3 heteroatoms. The van der Waals surface area contributed by atoms with Crippen molar-refractivity contribution >= 4 is 5.69 Å². The second-order valence-electron chi connectivity index (χ2n) is 5.82. The van der Waals surface area contributed by atoms with Gasteiger partial charge in [-0.15, -0.1) is 0 Å². The molecule has 3 unspecified atom stereocenters. The fraction of sp³-hybridized carbons (Fsp3) is 0.600. The Kier molecular flexibility index (Phi) is 3.02. The molecule has 1 aromatic carbocycles. The van der Waals surface area contributed by atoms with E-state index in [1.54, 1.807) is 12.1 Å². The lowest BCUT2D eigenvalue weighted by atomic mass is 10.0. The Bertz CT molecular complexity index is 432. The van der Waals surface area contributed by atoms with Gasteiger partial charge in [-0.3, -0.25) is 0 Å². The number of hydrogen-bond acceptors (Lipinski definition) is 2. The van der Waals surface area contributed by atoms with Crippen molar-refractivity contribution in [3.05, 3.63) is 29.6 Å². The third-order valence-electron chi connectivity index (χ3n) is 4.55. The number of benzene rings is 1. The van der Waals surface area contributed by atoms with Crippen molar-refractivity contribution in [1.29, 1.82) is 0 Å². The van der Waals surface area contributed by atoms with E-state index in [-0.39, 0.29) is 11.9 Å². The summed E-state index contributed by atoms with van der Waals surface area (Å²) < 4.78 is 14.1. The molecule has 18 heavy (non-hydrogen) atoms. The lowest BCUT2D eigenvalue weighted by Gasteiger charge is -2.25. The second-order valence-corrected chi connectivity index (χ2v) is 5.82. The minimum Gasteiger partial charge on any atom is -0.368 e. The quantitative estimate of drug-likeness (QED) is 0.871. The van der Waals surface area contributed by atoms with Crippen LogP contribution in [0.15, 0.2) is 18.2 Å². The van der Waals surface area contributed by atoms with Gasteiger partial charge in [-0.2, -0.15) is 0 Å². The van der Waals surface area contributed by atoms with Crippen LogP contribution in [-0.4, -0.2) is 13.1 Å². The highest BCUT2D eigenvalue weighted by atomic mass is 19.1. The summed E-state index contributed by atoms with van der Waals surface area (Å²) in [6, 6.07) is 5.15. The molecule has 1 aliphatic heterocycles. The van der Waals surface area contributed by atoms with Crippen molar-refractivity contribution in [1.82, 2.24) is 0 Å². The fourth-order valence-electron chi connectivity index (χ4n) is 3.65. The topological polar surface area (TPSA) is 29.3 Å². The van der Waals surface area contributed by atoms with E-state index in [0.717, 1.165) is 36.2 Å². The number of halogens is 1. The summed E-state index contributed by atoms with van der Waals surface area (Å²) in [5.41, 5.74) is 7.67. The van der Waals surface area contributed by atoms with Crippen molar-refractivity contribution < 1.29 is 4.39 Å². The van der Waals surface area contributed by atoms with Crippen LogP contribution in [-0.2, 0) is 0 Å². The summed E-state index contributed by atoms with van der Waals surface area (Å²) in [4.78, 5) is 2.22. The van der Waals surface area contributed by atoms with Gasteiger partial charge in [0.2, 0.25) is 0 Å². The number of rotatable bonds is 2. The van der Waals surface area contributed by atoms with Gasteiger partial charge in [0.1, 0.15) is 5.82 Å². The van der Waals surface area contributed by atoms with E-state index in [0.29, 0.717) is 0 Å². The van der Waals surface area contributed by atoms with E-state index in [4.69, 9.17) is 5.73 Å². The lowest BCUT2D eigenvalue weighted by molar-refractivity contribution is 0.494. The van der Waals surface area contributed by atoms with Crippen LogP contribution < -0.4 is 10.6 Å². The lowest BCUT2D eigenvalue weighted by Crippen LogP contribution is -2.24. The predicted molar refractivity (Wildman–Crippen MR) is 72.0 cm³/mol. The number of hydrogen-bond donors (Lipinski definition) is 1. The van der Waals surface area contributed by atoms with Gasteiger partial charge in [0.25, 0.3) is 0 Å². The van der Waals surface area contributed by atoms with Gasteiger partial charge < -0.3 is 10.6 Å². The maximum atomic E-state index is 14.1. The van der Waals surface area contributed by atoms with E-state index in [1.807, 2.05) is 13.0 Å². The number of nitrogens with two attached hydrogens (primary N) is 1. The molecule has 2 aliphatic rings. The van der Waals surface area contributed by atoms with Gasteiger partial charge in [-0.1, -0.05) is 18.6 Å². The average Bonchev–Trinajstić information content (AvgIpc) is 2.88. The molecule has 3 rings (SSSR count). The first kappa shape index (κ1) is 12.0. The van der Waals surface area contributed by atoms with Crippen molar-refractivity contribution in [2.45, 2.75) is 32.2 Å². The molecule has 1 aromatic rings. The van der Waals surface area contributed by atoms with Gasteiger partial charge in [0.15, 0.2) is 0 Å². The number of para-hydroxylation sites is 1. The van der Waals surface area contributed by atoms with Crippen LogP contribution >= 0.6 is 0 Å². The first-order valence-electron chi connectivity index (χ1n) is 6.95. The zero-order chi connectivity index (χ0) is 12.7. The minimum atomic E-state index is -0.121. The molecule has 1 saturated heterocycles. The zero-order valence-electron chi connectivity index (χ0n) is 10.9. The number of anilines is 1. The minimum absolute atomic E-state index is 0.115. The first-order chi connectivity index (χ1) is 8.66. The van der Waals surface area contributed by atoms with E-state index < -0.39 is 0 Å². The van der Waals surface area contributed by atoms with E-state index >= 15 is 0 Å². The molecule has 1 aliphatic carbocycles. The maximum Gasteiger partial charge on any atom is 0.146 e. The summed E-state index contributed by atoms with van der Waals surface area (Å²) in [6.07, 6.45) is 3.97. The van der Waals surface area contributed by atoms with Gasteiger partial charge in [0, 0.05) is 19.1 Å². The van der Waals surface area contributed by atoms with Crippen molar-refractivity contribution in [2.24, 2.45) is 17.6 Å². The van der Waals surface area contributed by atoms with Gasteiger partial charge in [-0.25, -0.2) is 4.39 Å². The van der Waals surface area contributed by atoms with Crippen molar-refractivity contribution in [3.63, 3.8) is 0 Å². The van der Waals surface area contributed by atoms with Crippen LogP contribution in [0.2, 0.25) is 0 Å². The van der Waals surface area contributed by atoms with E-state index in [9.17, 15) is 4.39 Å². The Labute approximate surface area is 108 Å². The Morgan fingerprint density at radius 2 is 1.94 bits per heavy atom. The maximum absolute atomic E-state index is 14.1. The largest absolute Gasteiger partial charge is 0.368 e. The summed E-state index contributed by atoms with van der Waals surface area (Å²) in [5.74, 6) is 1.42. The normalized spacial score (nSPS) is 28.5. The first-order valence-corrected chi connectivity index (χ1v) is 6.95. The third kappa shape index (κ3) is 1.91. The predicted octanol–water partition coefficient (Wildman–Crippen LogP) is 3.08. The molecule has 0 bridgehead atoms. The molecule has 2 N–H and O–H groups in total. The summed E-state index contributed by atoms with van der Waals surface area (Å²) >= 11 is 0. The molecule has 3 atom stereocenters.